The van der Waals surface area contributed by atoms with E-state index in [1.54, 1.807) is 68.2 Å². The minimum absolute atomic E-state index is 0.681. The molecule has 14 heterocycles. The number of rotatable bonds is 8. The lowest BCUT2D eigenvalue weighted by Gasteiger charge is -2.00. The molecule has 0 aliphatic carbocycles. The van der Waals surface area contributed by atoms with E-state index in [-0.39, 0.29) is 0 Å². The number of hydrogen-bond donors (Lipinski definition) is 0. The summed E-state index contributed by atoms with van der Waals surface area (Å²) < 4.78 is 0. The first-order chi connectivity index (χ1) is 50.9. The van der Waals surface area contributed by atoms with Crippen molar-refractivity contribution in [2.75, 3.05) is 0 Å². The number of pyridine rings is 12. The van der Waals surface area contributed by atoms with Crippen molar-refractivity contribution in [1.82, 2.24) is 79.7 Å². The van der Waals surface area contributed by atoms with Crippen molar-refractivity contribution in [3.63, 3.8) is 0 Å². The lowest BCUT2D eigenvalue weighted by atomic mass is 10.1. The Morgan fingerprint density at radius 1 is 0.173 bits per heavy atom. The van der Waals surface area contributed by atoms with E-state index in [1.807, 2.05) is 287 Å². The van der Waals surface area contributed by atoms with Crippen LogP contribution in [0.4, 0.5) is 0 Å². The summed E-state index contributed by atoms with van der Waals surface area (Å²) in [5.74, 6) is 1.47. The molecule has 0 aliphatic rings. The SMILES string of the molecule is Cc1cc(-c2ccccc2)ccn1.Cc1cc(-c2ccccn2)ccn1.Cc1cc(-c2cccnc2)ccn1.Cc1cc(-c2ccncc2)ccn1.Cc1ccnc(-c2ccccc2)n1.Cc1ccnc(-c2ccccn2)n1.Cc1cncc(-c2cccnc2)c1.Cc1cncc(-c2ccncc2)c1. The van der Waals surface area contributed by atoms with Crippen LogP contribution in [-0.2, 0) is 0 Å². The molecule has 0 aliphatic heterocycles. The molecule has 0 saturated heterocycles. The zero-order valence-corrected chi connectivity index (χ0v) is 59.5. The van der Waals surface area contributed by atoms with Crippen molar-refractivity contribution < 1.29 is 0 Å². The number of aromatic nitrogens is 16. The van der Waals surface area contributed by atoms with Crippen LogP contribution in [0.2, 0.25) is 0 Å². The molecule has 0 N–H and O–H groups in total. The van der Waals surface area contributed by atoms with Gasteiger partial charge in [0.25, 0.3) is 0 Å². The molecule has 0 atom stereocenters. The summed E-state index contributed by atoms with van der Waals surface area (Å²) in [5, 5.41) is 0. The van der Waals surface area contributed by atoms with Crippen LogP contribution in [0.1, 0.15) is 45.3 Å². The predicted molar refractivity (Wildman–Crippen MR) is 418 cm³/mol. The van der Waals surface area contributed by atoms with Gasteiger partial charge in [-0.25, -0.2) is 19.9 Å². The van der Waals surface area contributed by atoms with E-state index in [2.05, 4.69) is 122 Å². The van der Waals surface area contributed by atoms with E-state index in [0.29, 0.717) is 5.82 Å². The molecule has 16 nitrogen and oxygen atoms in total. The van der Waals surface area contributed by atoms with Crippen LogP contribution in [0.15, 0.2) is 342 Å². The molecule has 0 fully saturated rings. The number of hydrogen-bond acceptors (Lipinski definition) is 16. The van der Waals surface area contributed by atoms with Crippen LogP contribution in [0.5, 0.6) is 0 Å². The smallest absolute Gasteiger partial charge is 0.178 e. The van der Waals surface area contributed by atoms with E-state index in [4.69, 9.17) is 0 Å². The van der Waals surface area contributed by atoms with E-state index in [1.165, 1.54) is 38.9 Å². The fraction of sp³-hybridized carbons (Fsp3) is 0.0909. The molecular weight excluding hydrogens is 1280 g/mol. The van der Waals surface area contributed by atoms with Gasteiger partial charge in [0.1, 0.15) is 5.69 Å². The van der Waals surface area contributed by atoms with Gasteiger partial charge in [0.2, 0.25) is 0 Å². The Morgan fingerprint density at radius 2 is 0.519 bits per heavy atom. The zero-order valence-electron chi connectivity index (χ0n) is 59.5. The van der Waals surface area contributed by atoms with E-state index in [9.17, 15) is 0 Å². The van der Waals surface area contributed by atoms with Gasteiger partial charge in [0.15, 0.2) is 11.6 Å². The molecular formula is C88H80N16. The van der Waals surface area contributed by atoms with Gasteiger partial charge in [-0.2, -0.15) is 0 Å². The third kappa shape index (κ3) is 25.6. The van der Waals surface area contributed by atoms with Gasteiger partial charge in [-0.05, 0) is 233 Å². The molecule has 16 heteroatoms. The van der Waals surface area contributed by atoms with Gasteiger partial charge >= 0.3 is 0 Å². The Labute approximate surface area is 609 Å². The number of aryl methyl sites for hydroxylation is 8. The van der Waals surface area contributed by atoms with Crippen LogP contribution >= 0.6 is 0 Å². The van der Waals surface area contributed by atoms with Crippen LogP contribution in [0.25, 0.3) is 89.8 Å². The van der Waals surface area contributed by atoms with Gasteiger partial charge in [-0.3, -0.25) is 59.8 Å². The molecule has 0 bridgehead atoms. The minimum atomic E-state index is 0.681. The Bertz CT molecular complexity index is 4140. The largest absolute Gasteiger partial charge is 0.265 e. The second-order valence-electron chi connectivity index (χ2n) is 23.4. The second-order valence-corrected chi connectivity index (χ2v) is 23.4. The molecule has 104 heavy (non-hydrogen) atoms. The summed E-state index contributed by atoms with van der Waals surface area (Å²) in [5.41, 5.74) is 24.1. The van der Waals surface area contributed by atoms with Crippen molar-refractivity contribution >= 4 is 0 Å². The highest BCUT2D eigenvalue weighted by molar-refractivity contribution is 5.66. The van der Waals surface area contributed by atoms with Crippen molar-refractivity contribution in [3.8, 4) is 89.8 Å². The van der Waals surface area contributed by atoms with Gasteiger partial charge < -0.3 is 0 Å². The lowest BCUT2D eigenvalue weighted by molar-refractivity contribution is 1.09. The molecule has 14 aromatic heterocycles. The Hall–Kier alpha value is -13.6. The molecule has 16 aromatic rings. The number of benzene rings is 2. The molecule has 0 radical (unpaired) electrons. The zero-order chi connectivity index (χ0) is 72.8. The first-order valence-electron chi connectivity index (χ1n) is 33.6. The van der Waals surface area contributed by atoms with Crippen LogP contribution in [0.3, 0.4) is 0 Å². The fourth-order valence-electron chi connectivity index (χ4n) is 9.87. The quantitative estimate of drug-likeness (QED) is 0.139. The van der Waals surface area contributed by atoms with E-state index >= 15 is 0 Å². The number of nitrogens with zero attached hydrogens (tertiary/aromatic N) is 16. The maximum Gasteiger partial charge on any atom is 0.178 e. The first-order valence-corrected chi connectivity index (χ1v) is 33.6. The minimum Gasteiger partial charge on any atom is -0.265 e. The highest BCUT2D eigenvalue weighted by Crippen LogP contribution is 2.23. The molecule has 0 unspecified atom stereocenters. The Kier molecular flexibility index (Phi) is 29.5. The monoisotopic (exact) mass is 1360 g/mol. The maximum absolute atomic E-state index is 4.33. The molecule has 0 spiro atoms. The molecule has 512 valence electrons. The topological polar surface area (TPSA) is 206 Å². The van der Waals surface area contributed by atoms with Gasteiger partial charge in [0, 0.05) is 191 Å². The Balaban J connectivity index is 0.000000138. The summed E-state index contributed by atoms with van der Waals surface area (Å²) in [7, 11) is 0. The summed E-state index contributed by atoms with van der Waals surface area (Å²) in [6, 6.07) is 72.0. The maximum atomic E-state index is 4.33. The average Bonchev–Trinajstić information content (AvgIpc) is 0.964. The normalized spacial score (nSPS) is 9.92. The van der Waals surface area contributed by atoms with E-state index < -0.39 is 0 Å². The molecule has 0 saturated carbocycles. The standard InChI is InChI=1S/C12H11N.6C11H10N2.C10H9N3/c1-10-9-12(7-8-13-10)11-5-3-2-4-6-11;1-9-8-11(4-7-13-9)10-2-5-12-6-3-10;1-9-6-11(8-13-7-9)10-2-4-12-5-3-10;1-9-7-10(4-6-13-9)11-3-2-5-12-8-11;1-9-5-11(8-13-6-9)10-3-2-4-12-7-10;1-9-8-10(5-7-12-9)11-4-2-3-6-13-11;1-9-7-8-12-11(13-9)10-5-3-2-4-6-10;1-8-5-7-12-10(13-8)9-4-2-3-6-11-9/h2-9H,1H3;6*2-8H,1H3;2-7H,1H3. The van der Waals surface area contributed by atoms with Crippen molar-refractivity contribution in [2.24, 2.45) is 0 Å². The summed E-state index contributed by atoms with van der Waals surface area (Å²) in [6.45, 7) is 15.9. The molecule has 2 aromatic carbocycles. The van der Waals surface area contributed by atoms with E-state index in [0.717, 1.165) is 90.3 Å². The van der Waals surface area contributed by atoms with Crippen molar-refractivity contribution in [3.05, 3.63) is 388 Å². The van der Waals surface area contributed by atoms with Crippen LogP contribution in [0, 0.1) is 55.4 Å². The van der Waals surface area contributed by atoms with Crippen molar-refractivity contribution in [1.29, 1.82) is 0 Å². The highest BCUT2D eigenvalue weighted by Gasteiger charge is 2.04. The fourth-order valence-corrected chi connectivity index (χ4v) is 9.87. The van der Waals surface area contributed by atoms with Crippen LogP contribution in [-0.4, -0.2) is 79.7 Å². The third-order valence-corrected chi connectivity index (χ3v) is 14.9. The highest BCUT2D eigenvalue weighted by atomic mass is 14.9. The third-order valence-electron chi connectivity index (χ3n) is 14.9. The average molecular weight is 1360 g/mol. The predicted octanol–water partition coefficient (Wildman–Crippen LogP) is 19.6. The molecule has 16 rings (SSSR count). The van der Waals surface area contributed by atoms with Gasteiger partial charge in [-0.15, -0.1) is 0 Å². The second kappa shape index (κ2) is 41.1. The summed E-state index contributed by atoms with van der Waals surface area (Å²) in [4.78, 5) is 66.3. The summed E-state index contributed by atoms with van der Waals surface area (Å²) >= 11 is 0. The summed E-state index contributed by atoms with van der Waals surface area (Å²) in [6.07, 6.45) is 36.2. The first kappa shape index (κ1) is 74.6. The Morgan fingerprint density at radius 3 is 0.952 bits per heavy atom. The van der Waals surface area contributed by atoms with Crippen LogP contribution < -0.4 is 0 Å². The van der Waals surface area contributed by atoms with Gasteiger partial charge in [-0.1, -0.05) is 84.9 Å². The van der Waals surface area contributed by atoms with Crippen molar-refractivity contribution in [2.45, 2.75) is 55.4 Å². The lowest BCUT2D eigenvalue weighted by Crippen LogP contribution is -1.91. The molecule has 0 amide bonds. The van der Waals surface area contributed by atoms with Gasteiger partial charge in [0.05, 0.1) is 5.69 Å².